The second-order valence-electron chi connectivity index (χ2n) is 3.17. The lowest BCUT2D eigenvalue weighted by atomic mass is 10.3. The molecule has 0 bridgehead atoms. The molecule has 0 aliphatic rings. The summed E-state index contributed by atoms with van der Waals surface area (Å²) in [7, 11) is 0. The van der Waals surface area contributed by atoms with Gasteiger partial charge in [-0.15, -0.1) is 0 Å². The zero-order chi connectivity index (χ0) is 8.20. The van der Waals surface area contributed by atoms with Crippen molar-refractivity contribution in [3.63, 3.8) is 0 Å². The van der Waals surface area contributed by atoms with Crippen molar-refractivity contribution in [2.24, 2.45) is 0 Å². The van der Waals surface area contributed by atoms with E-state index >= 15 is 0 Å². The van der Waals surface area contributed by atoms with Crippen LogP contribution in [0.15, 0.2) is 0 Å². The fraction of sp³-hybridized carbons (Fsp3) is 1.00. The van der Waals surface area contributed by atoms with E-state index in [4.69, 9.17) is 4.18 Å². The van der Waals surface area contributed by atoms with Gasteiger partial charge in [-0.05, 0) is 27.2 Å². The highest BCUT2D eigenvalue weighted by atomic mass is 32.2. The van der Waals surface area contributed by atoms with Gasteiger partial charge in [0, 0.05) is 0 Å². The van der Waals surface area contributed by atoms with E-state index in [0.29, 0.717) is 6.61 Å². The van der Waals surface area contributed by atoms with Gasteiger partial charge in [0.25, 0.3) is 0 Å². The third kappa shape index (κ3) is 4.01. The molecule has 0 saturated carbocycles. The molecule has 0 amide bonds. The van der Waals surface area contributed by atoms with Gasteiger partial charge in [0.1, 0.15) is 0 Å². The Labute approximate surface area is 65.6 Å². The molecule has 0 aromatic carbocycles. The normalized spacial score (nSPS) is 15.2. The summed E-state index contributed by atoms with van der Waals surface area (Å²) in [6, 6.07) is 0. The molecule has 0 heterocycles. The first-order chi connectivity index (χ1) is 4.48. The minimum Gasteiger partial charge on any atom is -0.290 e. The quantitative estimate of drug-likeness (QED) is 0.636. The molecule has 0 aromatic rings. The van der Waals surface area contributed by atoms with Crippen LogP contribution in [0, 0.1) is 0 Å². The van der Waals surface area contributed by atoms with Gasteiger partial charge in [-0.2, -0.15) is 0 Å². The third-order valence-corrected chi connectivity index (χ3v) is 2.28. The summed E-state index contributed by atoms with van der Waals surface area (Å²) in [4.78, 5) is 0. The molecule has 0 radical (unpaired) electrons. The summed E-state index contributed by atoms with van der Waals surface area (Å²) < 4.78 is 15.9. The van der Waals surface area contributed by atoms with Crippen LogP contribution in [0.1, 0.15) is 34.1 Å². The van der Waals surface area contributed by atoms with E-state index in [1.165, 1.54) is 0 Å². The summed E-state index contributed by atoms with van der Waals surface area (Å²) in [6.07, 6.45) is 0.918. The van der Waals surface area contributed by atoms with Crippen molar-refractivity contribution in [2.45, 2.75) is 38.9 Å². The Morgan fingerprint density at radius 3 is 2.20 bits per heavy atom. The highest BCUT2D eigenvalue weighted by molar-refractivity contribution is 7.81. The van der Waals surface area contributed by atoms with E-state index in [1.807, 2.05) is 27.7 Å². The molecule has 0 aliphatic carbocycles. The zero-order valence-corrected chi connectivity index (χ0v) is 7.96. The van der Waals surface area contributed by atoms with Gasteiger partial charge in [-0.25, -0.2) is 4.21 Å². The molecule has 62 valence electrons. The van der Waals surface area contributed by atoms with Crippen LogP contribution in [0.5, 0.6) is 0 Å². The van der Waals surface area contributed by atoms with Crippen LogP contribution in [0.25, 0.3) is 0 Å². The summed E-state index contributed by atoms with van der Waals surface area (Å²) in [5, 5.41) is 0. The topological polar surface area (TPSA) is 26.3 Å². The van der Waals surface area contributed by atoms with Crippen LogP contribution in [0.3, 0.4) is 0 Å². The van der Waals surface area contributed by atoms with Gasteiger partial charge in [-0.1, -0.05) is 6.92 Å². The van der Waals surface area contributed by atoms with Gasteiger partial charge in [0.15, 0.2) is 11.1 Å². The molecule has 0 spiro atoms. The lowest BCUT2D eigenvalue weighted by Crippen LogP contribution is -2.23. The molecule has 10 heavy (non-hydrogen) atoms. The first-order valence-corrected chi connectivity index (χ1v) is 4.61. The highest BCUT2D eigenvalue weighted by Crippen LogP contribution is 2.11. The summed E-state index contributed by atoms with van der Waals surface area (Å²) in [5.74, 6) is 0. The average molecular weight is 164 g/mol. The van der Waals surface area contributed by atoms with Crippen molar-refractivity contribution in [2.75, 3.05) is 6.61 Å². The lowest BCUT2D eigenvalue weighted by molar-refractivity contribution is 0.336. The highest BCUT2D eigenvalue weighted by Gasteiger charge is 2.19. The molecule has 0 rings (SSSR count). The van der Waals surface area contributed by atoms with E-state index in [1.54, 1.807) is 0 Å². The van der Waals surface area contributed by atoms with Gasteiger partial charge in [0.2, 0.25) is 0 Å². The maximum atomic E-state index is 11.1. The Hall–Kier alpha value is 0.110. The Kier molecular flexibility index (Phi) is 4.13. The maximum Gasteiger partial charge on any atom is 0.160 e. The van der Waals surface area contributed by atoms with Crippen molar-refractivity contribution in [1.29, 1.82) is 0 Å². The molecule has 0 saturated heterocycles. The molecular formula is C7H16O2S. The van der Waals surface area contributed by atoms with E-state index in [0.717, 1.165) is 6.42 Å². The predicted molar refractivity (Wildman–Crippen MR) is 44.1 cm³/mol. The fourth-order valence-corrected chi connectivity index (χ4v) is 1.01. The van der Waals surface area contributed by atoms with Gasteiger partial charge < -0.3 is 0 Å². The molecule has 3 heteroatoms. The molecule has 0 fully saturated rings. The van der Waals surface area contributed by atoms with E-state index < -0.39 is 11.1 Å². The number of hydrogen-bond acceptors (Lipinski definition) is 2. The SMILES string of the molecule is CCCOS(=O)C(C)(C)C. The van der Waals surface area contributed by atoms with Crippen LogP contribution in [-0.2, 0) is 15.3 Å². The molecular weight excluding hydrogens is 148 g/mol. The number of rotatable bonds is 3. The Morgan fingerprint density at radius 1 is 1.40 bits per heavy atom. The van der Waals surface area contributed by atoms with Crippen molar-refractivity contribution < 1.29 is 8.39 Å². The zero-order valence-electron chi connectivity index (χ0n) is 7.14. The summed E-state index contributed by atoms with van der Waals surface area (Å²) in [5.41, 5.74) is 0. The molecule has 1 atom stereocenters. The van der Waals surface area contributed by atoms with Gasteiger partial charge in [0.05, 0.1) is 11.4 Å². The first kappa shape index (κ1) is 10.1. The van der Waals surface area contributed by atoms with Gasteiger partial charge in [-0.3, -0.25) is 4.18 Å². The van der Waals surface area contributed by atoms with E-state index in [-0.39, 0.29) is 4.75 Å². The van der Waals surface area contributed by atoms with Crippen LogP contribution in [0.4, 0.5) is 0 Å². The largest absolute Gasteiger partial charge is 0.290 e. The standard InChI is InChI=1S/C7H16O2S/c1-5-6-9-10(8)7(2,3)4/h5-6H2,1-4H3. The van der Waals surface area contributed by atoms with Crippen molar-refractivity contribution in [3.05, 3.63) is 0 Å². The minimum atomic E-state index is -1.14. The van der Waals surface area contributed by atoms with Crippen molar-refractivity contribution in [1.82, 2.24) is 0 Å². The van der Waals surface area contributed by atoms with Crippen LogP contribution >= 0.6 is 0 Å². The molecule has 0 aliphatic heterocycles. The maximum absolute atomic E-state index is 11.1. The van der Waals surface area contributed by atoms with E-state index in [9.17, 15) is 4.21 Å². The van der Waals surface area contributed by atoms with Crippen LogP contribution < -0.4 is 0 Å². The lowest BCUT2D eigenvalue weighted by Gasteiger charge is -2.15. The summed E-state index contributed by atoms with van der Waals surface area (Å²) >= 11 is -1.14. The van der Waals surface area contributed by atoms with Crippen LogP contribution in [0.2, 0.25) is 0 Å². The average Bonchev–Trinajstić information content (AvgIpc) is 1.80. The Morgan fingerprint density at radius 2 is 1.90 bits per heavy atom. The second-order valence-corrected chi connectivity index (χ2v) is 5.10. The molecule has 2 nitrogen and oxygen atoms in total. The molecule has 0 aromatic heterocycles. The first-order valence-electron chi connectivity index (χ1n) is 3.53. The van der Waals surface area contributed by atoms with E-state index in [2.05, 4.69) is 0 Å². The van der Waals surface area contributed by atoms with Gasteiger partial charge >= 0.3 is 0 Å². The third-order valence-electron chi connectivity index (χ3n) is 0.894. The molecule has 1 unspecified atom stereocenters. The minimum absolute atomic E-state index is 0.241. The predicted octanol–water partition coefficient (Wildman–Crippen LogP) is 1.88. The Balaban J connectivity index is 3.64. The number of hydrogen-bond donors (Lipinski definition) is 0. The fourth-order valence-electron chi connectivity index (χ4n) is 0.336. The monoisotopic (exact) mass is 164 g/mol. The van der Waals surface area contributed by atoms with Crippen molar-refractivity contribution >= 4 is 11.1 Å². The molecule has 0 N–H and O–H groups in total. The van der Waals surface area contributed by atoms with Crippen molar-refractivity contribution in [3.8, 4) is 0 Å². The van der Waals surface area contributed by atoms with Crippen LogP contribution in [-0.4, -0.2) is 15.6 Å². The Bertz CT molecular complexity index is 115. The second kappa shape index (κ2) is 4.09. The summed E-state index contributed by atoms with van der Waals surface area (Å²) in [6.45, 7) is 8.29. The smallest absolute Gasteiger partial charge is 0.160 e.